The molecule has 0 atom stereocenters. The van der Waals surface area contributed by atoms with Gasteiger partial charge in [-0.25, -0.2) is 4.79 Å². The van der Waals surface area contributed by atoms with E-state index in [1.807, 2.05) is 30.3 Å². The highest BCUT2D eigenvalue weighted by molar-refractivity contribution is 5.94. The van der Waals surface area contributed by atoms with Gasteiger partial charge in [0.1, 0.15) is 6.54 Å². The molecule has 0 radical (unpaired) electrons. The standard InChI is InChI=1S/C21H22N2O6/c1-2-28-21(27)16-8-10-17(11-9-16)23-19(25)14-29-20(26)13-22-18(24)12-15-6-4-3-5-7-15/h3-11H,2,12-14H2,1H3,(H,22,24)(H,23,25). The predicted molar refractivity (Wildman–Crippen MR) is 105 cm³/mol. The number of carbonyl (C=O) groups is 4. The SMILES string of the molecule is CCOC(=O)c1ccc(NC(=O)COC(=O)CNC(=O)Cc2ccccc2)cc1. The lowest BCUT2D eigenvalue weighted by Crippen LogP contribution is -2.33. The fraction of sp³-hybridized carbons (Fsp3) is 0.238. The minimum absolute atomic E-state index is 0.149. The molecule has 152 valence electrons. The highest BCUT2D eigenvalue weighted by Gasteiger charge is 2.11. The summed E-state index contributed by atoms with van der Waals surface area (Å²) < 4.78 is 9.70. The summed E-state index contributed by atoms with van der Waals surface area (Å²) in [5.74, 6) is -2.04. The Morgan fingerprint density at radius 2 is 1.55 bits per heavy atom. The molecule has 0 aliphatic rings. The molecule has 0 saturated carbocycles. The van der Waals surface area contributed by atoms with E-state index >= 15 is 0 Å². The van der Waals surface area contributed by atoms with Gasteiger partial charge in [0.2, 0.25) is 5.91 Å². The number of rotatable bonds is 9. The van der Waals surface area contributed by atoms with E-state index in [4.69, 9.17) is 9.47 Å². The summed E-state index contributed by atoms with van der Waals surface area (Å²) in [6.45, 7) is 1.16. The van der Waals surface area contributed by atoms with Crippen molar-refractivity contribution in [1.82, 2.24) is 5.32 Å². The summed E-state index contributed by atoms with van der Waals surface area (Å²) in [6.07, 6.45) is 0.149. The molecule has 0 saturated heterocycles. The van der Waals surface area contributed by atoms with Crippen molar-refractivity contribution in [2.45, 2.75) is 13.3 Å². The molecule has 2 rings (SSSR count). The van der Waals surface area contributed by atoms with Crippen molar-refractivity contribution in [3.05, 3.63) is 65.7 Å². The van der Waals surface area contributed by atoms with Gasteiger partial charge >= 0.3 is 11.9 Å². The van der Waals surface area contributed by atoms with E-state index in [-0.39, 0.29) is 25.5 Å². The third-order valence-corrected chi connectivity index (χ3v) is 3.68. The molecule has 8 heteroatoms. The second kappa shape index (κ2) is 11.2. The summed E-state index contributed by atoms with van der Waals surface area (Å²) in [4.78, 5) is 46.9. The lowest BCUT2D eigenvalue weighted by molar-refractivity contribution is -0.147. The van der Waals surface area contributed by atoms with Crippen LogP contribution in [0.25, 0.3) is 0 Å². The maximum Gasteiger partial charge on any atom is 0.338 e. The molecule has 29 heavy (non-hydrogen) atoms. The molecule has 8 nitrogen and oxygen atoms in total. The number of anilines is 1. The average Bonchev–Trinajstić information content (AvgIpc) is 2.72. The second-order valence-corrected chi connectivity index (χ2v) is 5.95. The van der Waals surface area contributed by atoms with E-state index in [2.05, 4.69) is 10.6 Å². The van der Waals surface area contributed by atoms with Gasteiger partial charge in [0.15, 0.2) is 6.61 Å². The van der Waals surface area contributed by atoms with Gasteiger partial charge in [0.25, 0.3) is 5.91 Å². The highest BCUT2D eigenvalue weighted by atomic mass is 16.5. The normalized spacial score (nSPS) is 9.97. The highest BCUT2D eigenvalue weighted by Crippen LogP contribution is 2.10. The van der Waals surface area contributed by atoms with Gasteiger partial charge in [0.05, 0.1) is 18.6 Å². The fourth-order valence-corrected chi connectivity index (χ4v) is 2.31. The molecule has 0 unspecified atom stereocenters. The van der Waals surface area contributed by atoms with Gasteiger partial charge in [-0.1, -0.05) is 30.3 Å². The number of amides is 2. The van der Waals surface area contributed by atoms with Gasteiger partial charge in [-0.05, 0) is 36.8 Å². The van der Waals surface area contributed by atoms with E-state index < -0.39 is 24.5 Å². The van der Waals surface area contributed by atoms with Gasteiger partial charge in [-0.15, -0.1) is 0 Å². The van der Waals surface area contributed by atoms with Crippen LogP contribution in [0.2, 0.25) is 0 Å². The average molecular weight is 398 g/mol. The Morgan fingerprint density at radius 3 is 2.21 bits per heavy atom. The topological polar surface area (TPSA) is 111 Å². The number of benzene rings is 2. The molecule has 2 amide bonds. The molecule has 0 heterocycles. The third kappa shape index (κ3) is 7.84. The molecule has 2 N–H and O–H groups in total. The van der Waals surface area contributed by atoms with Gasteiger partial charge < -0.3 is 20.1 Å². The number of nitrogens with one attached hydrogen (secondary N) is 2. The number of hydrogen-bond acceptors (Lipinski definition) is 6. The summed E-state index contributed by atoms with van der Waals surface area (Å²) in [5, 5.41) is 4.98. The van der Waals surface area contributed by atoms with Crippen LogP contribution in [-0.2, 0) is 30.3 Å². The van der Waals surface area contributed by atoms with Crippen molar-refractivity contribution < 1.29 is 28.7 Å². The Morgan fingerprint density at radius 1 is 0.862 bits per heavy atom. The first-order valence-electron chi connectivity index (χ1n) is 9.01. The zero-order valence-corrected chi connectivity index (χ0v) is 16.0. The monoisotopic (exact) mass is 398 g/mol. The van der Waals surface area contributed by atoms with Crippen LogP contribution in [0, 0.1) is 0 Å². The zero-order chi connectivity index (χ0) is 21.1. The van der Waals surface area contributed by atoms with Crippen LogP contribution in [0.1, 0.15) is 22.8 Å². The molecule has 0 spiro atoms. The summed E-state index contributed by atoms with van der Waals surface area (Å²) >= 11 is 0. The quantitative estimate of drug-likeness (QED) is 0.622. The van der Waals surface area contributed by atoms with Crippen molar-refractivity contribution in [3.8, 4) is 0 Å². The summed E-state index contributed by atoms with van der Waals surface area (Å²) in [6, 6.07) is 15.2. The van der Waals surface area contributed by atoms with Crippen molar-refractivity contribution in [2.75, 3.05) is 25.1 Å². The Labute approximate surface area is 168 Å². The van der Waals surface area contributed by atoms with Gasteiger partial charge in [-0.3, -0.25) is 14.4 Å². The maximum atomic E-state index is 11.9. The maximum absolute atomic E-state index is 11.9. The zero-order valence-electron chi connectivity index (χ0n) is 16.0. The first-order chi connectivity index (χ1) is 14.0. The number of esters is 2. The molecule has 0 aliphatic heterocycles. The van der Waals surface area contributed by atoms with Crippen molar-refractivity contribution >= 4 is 29.4 Å². The fourth-order valence-electron chi connectivity index (χ4n) is 2.31. The van der Waals surface area contributed by atoms with E-state index in [1.165, 1.54) is 24.3 Å². The lowest BCUT2D eigenvalue weighted by Gasteiger charge is -2.08. The molecule has 0 fully saturated rings. The molecule has 0 bridgehead atoms. The Balaban J connectivity index is 1.68. The van der Waals surface area contributed by atoms with E-state index in [0.29, 0.717) is 11.3 Å². The molecule has 0 aliphatic carbocycles. The van der Waals surface area contributed by atoms with Crippen LogP contribution in [-0.4, -0.2) is 43.5 Å². The van der Waals surface area contributed by atoms with Crippen LogP contribution in [0.15, 0.2) is 54.6 Å². The number of ether oxygens (including phenoxy) is 2. The van der Waals surface area contributed by atoms with Crippen molar-refractivity contribution in [2.24, 2.45) is 0 Å². The van der Waals surface area contributed by atoms with Crippen molar-refractivity contribution in [1.29, 1.82) is 0 Å². The van der Waals surface area contributed by atoms with E-state index in [0.717, 1.165) is 5.56 Å². The van der Waals surface area contributed by atoms with Gasteiger partial charge in [-0.2, -0.15) is 0 Å². The van der Waals surface area contributed by atoms with Crippen LogP contribution >= 0.6 is 0 Å². The Hall–Kier alpha value is -3.68. The third-order valence-electron chi connectivity index (χ3n) is 3.68. The van der Waals surface area contributed by atoms with Crippen LogP contribution < -0.4 is 10.6 Å². The van der Waals surface area contributed by atoms with E-state index in [9.17, 15) is 19.2 Å². The lowest BCUT2D eigenvalue weighted by atomic mass is 10.1. The summed E-state index contributed by atoms with van der Waals surface area (Å²) in [5.41, 5.74) is 1.63. The van der Waals surface area contributed by atoms with Crippen LogP contribution in [0.4, 0.5) is 5.69 Å². The van der Waals surface area contributed by atoms with Gasteiger partial charge in [0, 0.05) is 5.69 Å². The molecule has 2 aromatic rings. The molecule has 2 aromatic carbocycles. The number of hydrogen-bond donors (Lipinski definition) is 2. The number of carbonyl (C=O) groups excluding carboxylic acids is 4. The Kier molecular flexibility index (Phi) is 8.37. The largest absolute Gasteiger partial charge is 0.462 e. The minimum Gasteiger partial charge on any atom is -0.462 e. The molecular formula is C21H22N2O6. The molecule has 0 aromatic heterocycles. The minimum atomic E-state index is -0.723. The van der Waals surface area contributed by atoms with Crippen LogP contribution in [0.3, 0.4) is 0 Å². The van der Waals surface area contributed by atoms with E-state index in [1.54, 1.807) is 6.92 Å². The molecular weight excluding hydrogens is 376 g/mol. The predicted octanol–water partition coefficient (Wildman–Crippen LogP) is 1.70. The first kappa shape index (κ1) is 21.6. The van der Waals surface area contributed by atoms with Crippen molar-refractivity contribution in [3.63, 3.8) is 0 Å². The van der Waals surface area contributed by atoms with Crippen LogP contribution in [0.5, 0.6) is 0 Å². The summed E-state index contributed by atoms with van der Waals surface area (Å²) in [7, 11) is 0. The Bertz CT molecular complexity index is 849. The smallest absolute Gasteiger partial charge is 0.338 e. The first-order valence-corrected chi connectivity index (χ1v) is 9.01. The second-order valence-electron chi connectivity index (χ2n) is 5.95.